The summed E-state index contributed by atoms with van der Waals surface area (Å²) in [5, 5.41) is 8.78. The molecule has 0 atom stereocenters. The van der Waals surface area contributed by atoms with Gasteiger partial charge in [0.2, 0.25) is 0 Å². The van der Waals surface area contributed by atoms with Crippen molar-refractivity contribution in [3.63, 3.8) is 0 Å². The Morgan fingerprint density at radius 3 is 2.23 bits per heavy atom. The number of carbonyl (C=O) groups excluding carboxylic acids is 2. The predicted octanol–water partition coefficient (Wildman–Crippen LogP) is 2.44. The van der Waals surface area contributed by atoms with Crippen molar-refractivity contribution in [1.82, 2.24) is 0 Å². The number of halogens is 1. The zero-order valence-electron chi connectivity index (χ0n) is 11.5. The standard InChI is InChI=1S/C16H12N2O3.ClH/c17-9-11-3-1-5-13(7-11)15(19)21-16(20)14-6-2-4-12(8-14)10-18;/h1-8H,9,17H2;1H. The van der Waals surface area contributed by atoms with Crippen LogP contribution in [0.3, 0.4) is 0 Å². The summed E-state index contributed by atoms with van der Waals surface area (Å²) in [7, 11) is 0. The van der Waals surface area contributed by atoms with Gasteiger partial charge in [-0.2, -0.15) is 5.26 Å². The number of nitrogens with zero attached hydrogens (tertiary/aromatic N) is 1. The molecular formula is C16H13ClN2O3. The molecule has 112 valence electrons. The molecule has 2 N–H and O–H groups in total. The van der Waals surface area contributed by atoms with Gasteiger partial charge in [0.15, 0.2) is 0 Å². The summed E-state index contributed by atoms with van der Waals surface area (Å²) < 4.78 is 4.79. The average Bonchev–Trinajstić information content (AvgIpc) is 2.54. The van der Waals surface area contributed by atoms with Crippen LogP contribution in [0.4, 0.5) is 0 Å². The minimum absolute atomic E-state index is 0. The van der Waals surface area contributed by atoms with Gasteiger partial charge in [-0.3, -0.25) is 0 Å². The van der Waals surface area contributed by atoms with Gasteiger partial charge in [0.25, 0.3) is 0 Å². The molecule has 0 aliphatic heterocycles. The van der Waals surface area contributed by atoms with Crippen molar-refractivity contribution in [2.45, 2.75) is 6.54 Å². The maximum Gasteiger partial charge on any atom is 0.346 e. The van der Waals surface area contributed by atoms with Crippen LogP contribution in [0.5, 0.6) is 0 Å². The first kappa shape index (κ1) is 17.4. The molecule has 5 nitrogen and oxygen atoms in total. The second kappa shape index (κ2) is 7.93. The fourth-order valence-electron chi connectivity index (χ4n) is 1.74. The molecule has 0 spiro atoms. The molecule has 22 heavy (non-hydrogen) atoms. The predicted molar refractivity (Wildman–Crippen MR) is 82.5 cm³/mol. The van der Waals surface area contributed by atoms with Crippen LogP contribution < -0.4 is 5.73 Å². The number of rotatable bonds is 3. The third kappa shape index (κ3) is 4.16. The number of esters is 2. The lowest BCUT2D eigenvalue weighted by atomic mass is 10.1. The zero-order chi connectivity index (χ0) is 15.2. The summed E-state index contributed by atoms with van der Waals surface area (Å²) in [5.74, 6) is -1.55. The van der Waals surface area contributed by atoms with E-state index >= 15 is 0 Å². The number of hydrogen-bond donors (Lipinski definition) is 1. The van der Waals surface area contributed by atoms with Gasteiger partial charge in [0, 0.05) is 6.54 Å². The Kier molecular flexibility index (Phi) is 6.26. The highest BCUT2D eigenvalue weighted by atomic mass is 35.5. The molecule has 2 aromatic carbocycles. The van der Waals surface area contributed by atoms with Gasteiger partial charge in [-0.1, -0.05) is 18.2 Å². The molecule has 0 radical (unpaired) electrons. The lowest BCUT2D eigenvalue weighted by Gasteiger charge is -2.04. The third-order valence-corrected chi connectivity index (χ3v) is 2.81. The number of benzene rings is 2. The van der Waals surface area contributed by atoms with E-state index < -0.39 is 11.9 Å². The quantitative estimate of drug-likeness (QED) is 0.693. The molecule has 0 heterocycles. The molecule has 2 rings (SSSR count). The Bertz CT molecular complexity index is 738. The summed E-state index contributed by atoms with van der Waals surface area (Å²) in [6.45, 7) is 0.291. The Labute approximate surface area is 133 Å². The molecule has 0 saturated heterocycles. The maximum absolute atomic E-state index is 11.9. The summed E-state index contributed by atoms with van der Waals surface area (Å²) in [5.41, 5.74) is 6.98. The van der Waals surface area contributed by atoms with Crippen molar-refractivity contribution >= 4 is 24.3 Å². The zero-order valence-corrected chi connectivity index (χ0v) is 12.3. The molecule has 0 aromatic heterocycles. The van der Waals surface area contributed by atoms with E-state index in [1.165, 1.54) is 12.1 Å². The first-order valence-corrected chi connectivity index (χ1v) is 6.19. The average molecular weight is 317 g/mol. The third-order valence-electron chi connectivity index (χ3n) is 2.81. The second-order valence-electron chi connectivity index (χ2n) is 4.27. The highest BCUT2D eigenvalue weighted by Gasteiger charge is 2.15. The van der Waals surface area contributed by atoms with Gasteiger partial charge >= 0.3 is 11.9 Å². The molecule has 0 fully saturated rings. The maximum atomic E-state index is 11.9. The van der Waals surface area contributed by atoms with Crippen LogP contribution in [0.2, 0.25) is 0 Å². The first-order chi connectivity index (χ1) is 10.1. The fourth-order valence-corrected chi connectivity index (χ4v) is 1.74. The molecule has 0 bridgehead atoms. The molecule has 6 heteroatoms. The number of nitriles is 1. The topological polar surface area (TPSA) is 93.2 Å². The lowest BCUT2D eigenvalue weighted by molar-refractivity contribution is 0.0397. The summed E-state index contributed by atoms with van der Waals surface area (Å²) in [6.07, 6.45) is 0. The van der Waals surface area contributed by atoms with Crippen LogP contribution in [0.25, 0.3) is 0 Å². The van der Waals surface area contributed by atoms with Crippen LogP contribution in [0, 0.1) is 11.3 Å². The van der Waals surface area contributed by atoms with Gasteiger partial charge in [0.05, 0.1) is 22.8 Å². The number of nitrogens with two attached hydrogens (primary N) is 1. The van der Waals surface area contributed by atoms with Crippen molar-refractivity contribution in [1.29, 1.82) is 5.26 Å². The van der Waals surface area contributed by atoms with E-state index in [9.17, 15) is 9.59 Å². The molecule has 0 amide bonds. The summed E-state index contributed by atoms with van der Waals surface area (Å²) in [4.78, 5) is 23.8. The van der Waals surface area contributed by atoms with Gasteiger partial charge < -0.3 is 10.5 Å². The van der Waals surface area contributed by atoms with E-state index in [1.807, 2.05) is 6.07 Å². The molecule has 0 unspecified atom stereocenters. The molecule has 0 aliphatic rings. The van der Waals surface area contributed by atoms with E-state index in [0.29, 0.717) is 12.1 Å². The van der Waals surface area contributed by atoms with E-state index in [0.717, 1.165) is 5.56 Å². The monoisotopic (exact) mass is 316 g/mol. The second-order valence-corrected chi connectivity index (χ2v) is 4.27. The molecule has 2 aromatic rings. The number of carbonyl (C=O) groups is 2. The normalized spacial score (nSPS) is 9.27. The number of hydrogen-bond acceptors (Lipinski definition) is 5. The molecule has 0 aliphatic carbocycles. The Balaban J connectivity index is 0.00000242. The van der Waals surface area contributed by atoms with Gasteiger partial charge in [-0.05, 0) is 35.9 Å². The summed E-state index contributed by atoms with van der Waals surface area (Å²) in [6, 6.07) is 14.4. The van der Waals surface area contributed by atoms with E-state index in [4.69, 9.17) is 15.7 Å². The summed E-state index contributed by atoms with van der Waals surface area (Å²) >= 11 is 0. The van der Waals surface area contributed by atoms with Crippen molar-refractivity contribution in [2.24, 2.45) is 5.73 Å². The Morgan fingerprint density at radius 1 is 1.05 bits per heavy atom. The highest BCUT2D eigenvalue weighted by molar-refractivity contribution is 6.02. The van der Waals surface area contributed by atoms with Crippen LogP contribution in [-0.2, 0) is 11.3 Å². The van der Waals surface area contributed by atoms with Gasteiger partial charge in [0.1, 0.15) is 0 Å². The minimum Gasteiger partial charge on any atom is -0.386 e. The number of ether oxygens (including phenoxy) is 1. The van der Waals surface area contributed by atoms with Crippen LogP contribution in [0.1, 0.15) is 31.8 Å². The largest absolute Gasteiger partial charge is 0.386 e. The van der Waals surface area contributed by atoms with Crippen LogP contribution >= 0.6 is 12.4 Å². The van der Waals surface area contributed by atoms with Crippen molar-refractivity contribution in [3.05, 3.63) is 70.8 Å². The Hall–Kier alpha value is -2.68. The molecule has 0 saturated carbocycles. The lowest BCUT2D eigenvalue weighted by Crippen LogP contribution is -2.13. The van der Waals surface area contributed by atoms with Crippen molar-refractivity contribution < 1.29 is 14.3 Å². The smallest absolute Gasteiger partial charge is 0.346 e. The first-order valence-electron chi connectivity index (χ1n) is 6.19. The van der Waals surface area contributed by atoms with E-state index in [1.54, 1.807) is 36.4 Å². The van der Waals surface area contributed by atoms with Gasteiger partial charge in [-0.15, -0.1) is 12.4 Å². The minimum atomic E-state index is -0.796. The van der Waals surface area contributed by atoms with Crippen LogP contribution in [-0.4, -0.2) is 11.9 Å². The van der Waals surface area contributed by atoms with E-state index in [2.05, 4.69) is 0 Å². The van der Waals surface area contributed by atoms with Crippen molar-refractivity contribution in [2.75, 3.05) is 0 Å². The fraction of sp³-hybridized carbons (Fsp3) is 0.0625. The van der Waals surface area contributed by atoms with E-state index in [-0.39, 0.29) is 23.5 Å². The SMILES string of the molecule is Cl.N#Cc1cccc(C(=O)OC(=O)c2cccc(CN)c2)c1. The van der Waals surface area contributed by atoms with Crippen LogP contribution in [0.15, 0.2) is 48.5 Å². The highest BCUT2D eigenvalue weighted by Crippen LogP contribution is 2.10. The van der Waals surface area contributed by atoms with Crippen molar-refractivity contribution in [3.8, 4) is 6.07 Å². The Morgan fingerprint density at radius 2 is 1.64 bits per heavy atom. The molecular weight excluding hydrogens is 304 g/mol. The van der Waals surface area contributed by atoms with Gasteiger partial charge in [-0.25, -0.2) is 9.59 Å².